The van der Waals surface area contributed by atoms with Crippen LogP contribution in [-0.4, -0.2) is 27.3 Å². The van der Waals surface area contributed by atoms with Crippen LogP contribution in [-0.2, 0) is 6.54 Å². The molecule has 21 heavy (non-hydrogen) atoms. The van der Waals surface area contributed by atoms with E-state index in [-0.39, 0.29) is 0 Å². The van der Waals surface area contributed by atoms with Gasteiger partial charge in [-0.05, 0) is 53.3 Å². The topological polar surface area (TPSA) is 78.9 Å². The number of nitrogen functional groups attached to an aromatic ring is 1. The molecule has 1 aromatic heterocycles. The van der Waals surface area contributed by atoms with E-state index in [0.29, 0.717) is 11.1 Å². The van der Waals surface area contributed by atoms with Crippen LogP contribution < -0.4 is 10.5 Å². The number of hydrogen-bond donors (Lipinski definition) is 1. The van der Waals surface area contributed by atoms with E-state index in [2.05, 4.69) is 22.4 Å². The second-order valence-electron chi connectivity index (χ2n) is 5.87. The van der Waals surface area contributed by atoms with Gasteiger partial charge < -0.3 is 10.5 Å². The van der Waals surface area contributed by atoms with Crippen molar-refractivity contribution in [2.75, 3.05) is 12.8 Å². The lowest BCUT2D eigenvalue weighted by atomic mass is 10.0. The summed E-state index contributed by atoms with van der Waals surface area (Å²) in [5, 5.41) is 12.2. The Hall–Kier alpha value is -2.11. The first-order valence-electron chi connectivity index (χ1n) is 7.37. The minimum absolute atomic E-state index is 0.381. The first kappa shape index (κ1) is 13.9. The van der Waals surface area contributed by atoms with Crippen LogP contribution >= 0.6 is 0 Å². The summed E-state index contributed by atoms with van der Waals surface area (Å²) in [4.78, 5) is 0. The lowest BCUT2D eigenvalue weighted by molar-refractivity contribution is 0.364. The zero-order chi connectivity index (χ0) is 14.9. The molecule has 0 amide bonds. The fourth-order valence-electron chi connectivity index (χ4n) is 2.92. The van der Waals surface area contributed by atoms with Crippen molar-refractivity contribution in [1.29, 1.82) is 0 Å². The number of nitrogens with two attached hydrogens (primary N) is 1. The van der Waals surface area contributed by atoms with Gasteiger partial charge in [-0.3, -0.25) is 0 Å². The van der Waals surface area contributed by atoms with E-state index in [9.17, 15) is 0 Å². The van der Waals surface area contributed by atoms with E-state index >= 15 is 0 Å². The maximum Gasteiger partial charge on any atom is 0.185 e. The van der Waals surface area contributed by atoms with Gasteiger partial charge in [0.05, 0.1) is 19.2 Å². The Bertz CT molecular complexity index is 633. The lowest BCUT2D eigenvalue weighted by Crippen LogP contribution is -2.14. The van der Waals surface area contributed by atoms with E-state index in [4.69, 9.17) is 10.5 Å². The highest BCUT2D eigenvalue weighted by Crippen LogP contribution is 2.51. The van der Waals surface area contributed by atoms with Crippen molar-refractivity contribution in [1.82, 2.24) is 20.2 Å². The molecule has 6 nitrogen and oxygen atoms in total. The Kier molecular flexibility index (Phi) is 3.53. The summed E-state index contributed by atoms with van der Waals surface area (Å²) in [6, 6.07) is 5.53. The van der Waals surface area contributed by atoms with Gasteiger partial charge in [-0.2, -0.15) is 0 Å². The Balaban J connectivity index is 1.94. The van der Waals surface area contributed by atoms with E-state index in [1.54, 1.807) is 7.11 Å². The van der Waals surface area contributed by atoms with Gasteiger partial charge in [0.2, 0.25) is 0 Å². The molecule has 112 valence electrons. The zero-order valence-corrected chi connectivity index (χ0v) is 12.5. The average Bonchev–Trinajstić information content (AvgIpc) is 3.07. The van der Waals surface area contributed by atoms with E-state index < -0.39 is 0 Å². The highest BCUT2D eigenvalue weighted by molar-refractivity contribution is 5.68. The number of aromatic nitrogens is 4. The molecule has 0 bridgehead atoms. The van der Waals surface area contributed by atoms with Gasteiger partial charge in [-0.25, -0.2) is 4.68 Å². The molecule has 1 fully saturated rings. The van der Waals surface area contributed by atoms with Crippen LogP contribution in [0.25, 0.3) is 11.4 Å². The predicted molar refractivity (Wildman–Crippen MR) is 80.8 cm³/mol. The number of rotatable bonds is 6. The van der Waals surface area contributed by atoms with Crippen LogP contribution in [0, 0.1) is 5.41 Å². The Morgan fingerprint density at radius 2 is 2.19 bits per heavy atom. The summed E-state index contributed by atoms with van der Waals surface area (Å²) in [5.74, 6) is 1.46. The molecule has 1 aliphatic carbocycles. The molecule has 3 rings (SSSR count). The van der Waals surface area contributed by atoms with Gasteiger partial charge in [-0.15, -0.1) is 5.10 Å². The second-order valence-corrected chi connectivity index (χ2v) is 5.87. The third-order valence-corrected chi connectivity index (χ3v) is 4.22. The normalized spacial score (nSPS) is 15.9. The average molecular weight is 287 g/mol. The molecule has 0 unspecified atom stereocenters. The largest absolute Gasteiger partial charge is 0.496 e. The quantitative estimate of drug-likeness (QED) is 0.826. The third kappa shape index (κ3) is 2.70. The standard InChI is InChI=1S/C15H21N5O/c1-3-6-15(7-8-15)10-20-14(17-18-19-20)12-9-11(16)4-5-13(12)21-2/h4-5,9H,3,6-8,10,16H2,1-2H3. The van der Waals surface area contributed by atoms with Crippen molar-refractivity contribution in [2.24, 2.45) is 5.41 Å². The maximum atomic E-state index is 5.89. The van der Waals surface area contributed by atoms with Gasteiger partial charge in [0, 0.05) is 5.69 Å². The number of anilines is 1. The number of tetrazole rings is 1. The second kappa shape index (κ2) is 5.35. The zero-order valence-electron chi connectivity index (χ0n) is 12.5. The first-order valence-corrected chi connectivity index (χ1v) is 7.37. The monoisotopic (exact) mass is 287 g/mol. The molecule has 2 aromatic rings. The summed E-state index contributed by atoms with van der Waals surface area (Å²) < 4.78 is 7.30. The SMILES string of the molecule is CCCC1(Cn2nnnc2-c2cc(N)ccc2OC)CC1. The molecule has 1 heterocycles. The van der Waals surface area contributed by atoms with Crippen LogP contribution in [0.1, 0.15) is 32.6 Å². The fraction of sp³-hybridized carbons (Fsp3) is 0.533. The summed E-state index contributed by atoms with van der Waals surface area (Å²) >= 11 is 0. The molecule has 1 aromatic carbocycles. The van der Waals surface area contributed by atoms with Crippen LogP contribution in [0.3, 0.4) is 0 Å². The van der Waals surface area contributed by atoms with Crippen molar-refractivity contribution in [3.05, 3.63) is 18.2 Å². The molecule has 2 N–H and O–H groups in total. The van der Waals surface area contributed by atoms with Crippen LogP contribution in [0.4, 0.5) is 5.69 Å². The summed E-state index contributed by atoms with van der Waals surface area (Å²) in [5.41, 5.74) is 7.79. The van der Waals surface area contributed by atoms with Crippen molar-refractivity contribution in [3.63, 3.8) is 0 Å². The lowest BCUT2D eigenvalue weighted by Gasteiger charge is -2.15. The number of ether oxygens (including phenoxy) is 1. The Labute approximate surface area is 124 Å². The molecule has 6 heteroatoms. The van der Waals surface area contributed by atoms with E-state index in [1.807, 2.05) is 22.9 Å². The smallest absolute Gasteiger partial charge is 0.185 e. The van der Waals surface area contributed by atoms with Crippen LogP contribution in [0.2, 0.25) is 0 Å². The van der Waals surface area contributed by atoms with Gasteiger partial charge in [0.1, 0.15) is 5.75 Å². The number of methoxy groups -OCH3 is 1. The molecule has 0 spiro atoms. The van der Waals surface area contributed by atoms with Gasteiger partial charge in [0.15, 0.2) is 5.82 Å². The molecule has 1 saturated carbocycles. The van der Waals surface area contributed by atoms with Crippen molar-refractivity contribution < 1.29 is 4.74 Å². The molecular weight excluding hydrogens is 266 g/mol. The minimum atomic E-state index is 0.381. The number of nitrogens with zero attached hydrogens (tertiary/aromatic N) is 4. The highest BCUT2D eigenvalue weighted by atomic mass is 16.5. The molecule has 0 aliphatic heterocycles. The van der Waals surface area contributed by atoms with Gasteiger partial charge in [0.25, 0.3) is 0 Å². The maximum absolute atomic E-state index is 5.89. The minimum Gasteiger partial charge on any atom is -0.496 e. The molecule has 0 radical (unpaired) electrons. The first-order chi connectivity index (χ1) is 10.2. The van der Waals surface area contributed by atoms with Crippen molar-refractivity contribution >= 4 is 5.69 Å². The number of hydrogen-bond acceptors (Lipinski definition) is 5. The molecule has 0 atom stereocenters. The highest BCUT2D eigenvalue weighted by Gasteiger charge is 2.42. The van der Waals surface area contributed by atoms with E-state index in [0.717, 1.165) is 23.7 Å². The molecule has 0 saturated heterocycles. The summed E-state index contributed by atoms with van der Waals surface area (Å²) in [6.45, 7) is 3.09. The van der Waals surface area contributed by atoms with Gasteiger partial charge >= 0.3 is 0 Å². The third-order valence-electron chi connectivity index (χ3n) is 4.22. The predicted octanol–water partition coefficient (Wildman–Crippen LogP) is 2.51. The van der Waals surface area contributed by atoms with Crippen LogP contribution in [0.15, 0.2) is 18.2 Å². The summed E-state index contributed by atoms with van der Waals surface area (Å²) in [7, 11) is 1.64. The van der Waals surface area contributed by atoms with E-state index in [1.165, 1.54) is 25.7 Å². The fourth-order valence-corrected chi connectivity index (χ4v) is 2.92. The van der Waals surface area contributed by atoms with Gasteiger partial charge in [-0.1, -0.05) is 13.3 Å². The number of benzene rings is 1. The summed E-state index contributed by atoms with van der Waals surface area (Å²) in [6.07, 6.45) is 4.93. The molecular formula is C15H21N5O. The van der Waals surface area contributed by atoms with Crippen molar-refractivity contribution in [2.45, 2.75) is 39.2 Å². The Morgan fingerprint density at radius 1 is 1.38 bits per heavy atom. The van der Waals surface area contributed by atoms with Crippen LogP contribution in [0.5, 0.6) is 5.75 Å². The molecule has 1 aliphatic rings. The van der Waals surface area contributed by atoms with Crippen molar-refractivity contribution in [3.8, 4) is 17.1 Å². The Morgan fingerprint density at radius 3 is 2.86 bits per heavy atom.